The van der Waals surface area contributed by atoms with Crippen LogP contribution in [0.1, 0.15) is 58.8 Å². The highest BCUT2D eigenvalue weighted by atomic mass is 35.5. The third kappa shape index (κ3) is 6.60. The number of rotatable bonds is 6. The maximum atomic E-state index is 15.0. The first kappa shape index (κ1) is 25.8. The molecule has 2 aliphatic carbocycles. The average Bonchev–Trinajstić information content (AvgIpc) is 3.33. The molecular formula is C24H36ClF2N3OS. The van der Waals surface area contributed by atoms with E-state index in [9.17, 15) is 14.0 Å². The molecule has 0 bridgehead atoms. The highest BCUT2D eigenvalue weighted by molar-refractivity contribution is 8.01. The molecule has 2 fully saturated rings. The molecule has 0 amide bonds. The van der Waals surface area contributed by atoms with Crippen molar-refractivity contribution in [3.8, 4) is 0 Å². The zero-order chi connectivity index (χ0) is 23.1. The van der Waals surface area contributed by atoms with Gasteiger partial charge in [-0.2, -0.15) is 4.47 Å². The molecule has 4 nitrogen and oxygen atoms in total. The molecule has 180 valence electrons. The summed E-state index contributed by atoms with van der Waals surface area (Å²) in [5.74, 6) is -0.453. The molecule has 4 rings (SSSR count). The third-order valence-electron chi connectivity index (χ3n) is 6.48. The Morgan fingerprint density at radius 2 is 1.88 bits per heavy atom. The van der Waals surface area contributed by atoms with E-state index in [0.29, 0.717) is 17.1 Å². The van der Waals surface area contributed by atoms with Crippen molar-refractivity contribution in [3.63, 3.8) is 0 Å². The molecule has 3 aliphatic rings. The quantitative estimate of drug-likeness (QED) is 0.364. The lowest BCUT2D eigenvalue weighted by molar-refractivity contribution is 0.138. The van der Waals surface area contributed by atoms with E-state index >= 15 is 0 Å². The van der Waals surface area contributed by atoms with Crippen LogP contribution in [0.5, 0.6) is 0 Å². The van der Waals surface area contributed by atoms with Crippen LogP contribution in [-0.2, 0) is 0 Å². The number of hydrogen-bond donors (Lipinski definition) is 2. The van der Waals surface area contributed by atoms with Gasteiger partial charge in [-0.05, 0) is 62.9 Å². The summed E-state index contributed by atoms with van der Waals surface area (Å²) in [6, 6.07) is 6.23. The van der Waals surface area contributed by atoms with Crippen molar-refractivity contribution in [2.24, 2.45) is 0 Å². The minimum absolute atomic E-state index is 0.201. The lowest BCUT2D eigenvalue weighted by atomic mass is 9.87. The van der Waals surface area contributed by atoms with Crippen LogP contribution in [0, 0.1) is 5.82 Å². The number of benzene rings is 1. The normalized spacial score (nSPS) is 30.9. The smallest absolute Gasteiger partial charge is 0.125 e. The Balaban J connectivity index is 0.00000141. The molecule has 1 heterocycles. The molecule has 1 saturated carbocycles. The van der Waals surface area contributed by atoms with Gasteiger partial charge in [0.05, 0.1) is 10.9 Å². The molecule has 1 aliphatic heterocycles. The summed E-state index contributed by atoms with van der Waals surface area (Å²) in [4.78, 5) is 2.59. The van der Waals surface area contributed by atoms with Crippen LogP contribution in [0.3, 0.4) is 0 Å². The van der Waals surface area contributed by atoms with E-state index in [4.69, 9.17) is 11.6 Å². The van der Waals surface area contributed by atoms with Gasteiger partial charge >= 0.3 is 0 Å². The van der Waals surface area contributed by atoms with E-state index in [1.165, 1.54) is 50.3 Å². The molecule has 0 aromatic heterocycles. The summed E-state index contributed by atoms with van der Waals surface area (Å²) in [7, 11) is 0. The van der Waals surface area contributed by atoms with Gasteiger partial charge in [0.25, 0.3) is 0 Å². The van der Waals surface area contributed by atoms with Gasteiger partial charge < -0.3 is 5.32 Å². The average molecular weight is 488 g/mol. The first-order chi connectivity index (χ1) is 15.5. The fourth-order valence-electron chi connectivity index (χ4n) is 4.94. The maximum absolute atomic E-state index is 15.0. The fraction of sp³-hybridized carbons (Fsp3) is 0.667. The van der Waals surface area contributed by atoms with Crippen molar-refractivity contribution in [3.05, 3.63) is 41.2 Å². The standard InChI is InChI=1S/C22H30ClF2N3OS.C2H6/c23-17-13-22(30-28(29)16-7-5-6-15(24)12-16)18(25)14-20(17)26-19-8-1-2-9-21(19)27-10-3-4-11-27;1-2/h5-7,12-13,18-22,26,29H,1-4,8-11,14H2;1-2H3/t18?,19-,20?,21?,22?;/m0./s1. The van der Waals surface area contributed by atoms with Crippen molar-refractivity contribution in [1.29, 1.82) is 0 Å². The zero-order valence-electron chi connectivity index (χ0n) is 19.0. The summed E-state index contributed by atoms with van der Waals surface area (Å²) < 4.78 is 29.2. The van der Waals surface area contributed by atoms with E-state index < -0.39 is 17.2 Å². The largest absolute Gasteiger partial charge is 0.305 e. The van der Waals surface area contributed by atoms with Crippen molar-refractivity contribution in [1.82, 2.24) is 10.2 Å². The van der Waals surface area contributed by atoms with E-state index in [-0.39, 0.29) is 18.2 Å². The molecule has 4 unspecified atom stereocenters. The number of halogens is 3. The molecule has 1 aromatic carbocycles. The number of hydrogen-bond acceptors (Lipinski definition) is 5. The summed E-state index contributed by atoms with van der Waals surface area (Å²) in [5, 5.41) is 13.9. The van der Waals surface area contributed by atoms with Crippen LogP contribution in [0.2, 0.25) is 0 Å². The van der Waals surface area contributed by atoms with Gasteiger partial charge in [-0.25, -0.2) is 8.78 Å². The van der Waals surface area contributed by atoms with Crippen LogP contribution in [0.25, 0.3) is 0 Å². The molecule has 5 atom stereocenters. The summed E-state index contributed by atoms with van der Waals surface area (Å²) in [5.41, 5.74) is 0.271. The van der Waals surface area contributed by atoms with Gasteiger partial charge in [0.1, 0.15) is 12.0 Å². The SMILES string of the molecule is CC.ON(SC1C=C(Cl)C(N[C@H]2CCCCC2N2CCCC2)CC1F)c1cccc(F)c1. The monoisotopic (exact) mass is 487 g/mol. The van der Waals surface area contributed by atoms with Crippen LogP contribution < -0.4 is 9.79 Å². The van der Waals surface area contributed by atoms with Gasteiger partial charge in [0.15, 0.2) is 0 Å². The number of likely N-dealkylation sites (tertiary alicyclic amines) is 1. The van der Waals surface area contributed by atoms with Crippen LogP contribution >= 0.6 is 23.5 Å². The number of anilines is 1. The Labute approximate surface area is 200 Å². The second-order valence-electron chi connectivity index (χ2n) is 8.55. The Kier molecular flexibility index (Phi) is 10.1. The molecule has 2 N–H and O–H groups in total. The predicted molar refractivity (Wildman–Crippen MR) is 131 cm³/mol. The van der Waals surface area contributed by atoms with E-state index in [1.54, 1.807) is 12.1 Å². The summed E-state index contributed by atoms with van der Waals surface area (Å²) in [6.07, 6.45) is 8.07. The van der Waals surface area contributed by atoms with Gasteiger partial charge in [0.2, 0.25) is 0 Å². The van der Waals surface area contributed by atoms with Crippen LogP contribution in [-0.4, -0.2) is 52.7 Å². The maximum Gasteiger partial charge on any atom is 0.125 e. The molecule has 32 heavy (non-hydrogen) atoms. The zero-order valence-corrected chi connectivity index (χ0v) is 20.6. The molecule has 0 radical (unpaired) electrons. The Hall–Kier alpha value is -0.860. The number of nitrogens with zero attached hydrogens (tertiary/aromatic N) is 2. The van der Waals surface area contributed by atoms with Crippen molar-refractivity contribution < 1.29 is 14.0 Å². The number of alkyl halides is 1. The van der Waals surface area contributed by atoms with E-state index in [0.717, 1.165) is 35.9 Å². The van der Waals surface area contributed by atoms with Crippen molar-refractivity contribution in [2.75, 3.05) is 17.6 Å². The Morgan fingerprint density at radius 3 is 2.59 bits per heavy atom. The fourth-order valence-corrected chi connectivity index (χ4v) is 6.22. The predicted octanol–water partition coefficient (Wildman–Crippen LogP) is 6.29. The second kappa shape index (κ2) is 12.6. The highest BCUT2D eigenvalue weighted by Crippen LogP contribution is 2.36. The highest BCUT2D eigenvalue weighted by Gasteiger charge is 2.37. The van der Waals surface area contributed by atoms with Crippen LogP contribution in [0.4, 0.5) is 14.5 Å². The molecule has 1 aromatic rings. The number of nitrogens with one attached hydrogen (secondary N) is 1. The summed E-state index contributed by atoms with van der Waals surface area (Å²) >= 11 is 7.48. The molecule has 8 heteroatoms. The summed E-state index contributed by atoms with van der Waals surface area (Å²) in [6.45, 7) is 6.32. The van der Waals surface area contributed by atoms with Gasteiger partial charge in [-0.15, -0.1) is 0 Å². The minimum atomic E-state index is -1.16. The van der Waals surface area contributed by atoms with Crippen molar-refractivity contribution >= 4 is 29.2 Å². The third-order valence-corrected chi connectivity index (χ3v) is 7.95. The first-order valence-electron chi connectivity index (χ1n) is 11.9. The molecule has 0 spiro atoms. The van der Waals surface area contributed by atoms with Crippen molar-refractivity contribution in [2.45, 2.75) is 88.3 Å². The van der Waals surface area contributed by atoms with E-state index in [1.807, 2.05) is 13.8 Å². The Morgan fingerprint density at radius 1 is 1.16 bits per heavy atom. The van der Waals surface area contributed by atoms with E-state index in [2.05, 4.69) is 10.2 Å². The lowest BCUT2D eigenvalue weighted by Crippen LogP contribution is -2.55. The minimum Gasteiger partial charge on any atom is -0.305 e. The van der Waals surface area contributed by atoms with Gasteiger partial charge in [-0.3, -0.25) is 10.1 Å². The molecule has 1 saturated heterocycles. The lowest BCUT2D eigenvalue weighted by Gasteiger charge is -2.41. The first-order valence-corrected chi connectivity index (χ1v) is 13.2. The van der Waals surface area contributed by atoms with Gasteiger partial charge in [0, 0.05) is 35.6 Å². The second-order valence-corrected chi connectivity index (χ2v) is 10.1. The molecular weight excluding hydrogens is 452 g/mol. The topological polar surface area (TPSA) is 38.7 Å². The van der Waals surface area contributed by atoms with Crippen LogP contribution in [0.15, 0.2) is 35.4 Å². The van der Waals surface area contributed by atoms with Gasteiger partial charge in [-0.1, -0.05) is 50.4 Å². The Bertz CT molecular complexity index is 750.